The van der Waals surface area contributed by atoms with E-state index < -0.39 is 0 Å². The summed E-state index contributed by atoms with van der Waals surface area (Å²) in [7, 11) is 2.02. The first-order chi connectivity index (χ1) is 7.29. The Kier molecular flexibility index (Phi) is 3.21. The molecule has 2 heterocycles. The summed E-state index contributed by atoms with van der Waals surface area (Å²) in [6.07, 6.45) is 1.27. The van der Waals surface area contributed by atoms with Gasteiger partial charge >= 0.3 is 0 Å². The van der Waals surface area contributed by atoms with Crippen molar-refractivity contribution in [3.63, 3.8) is 0 Å². The van der Waals surface area contributed by atoms with Crippen LogP contribution in [0.3, 0.4) is 0 Å². The monoisotopic (exact) mass is 205 g/mol. The predicted octanol–water partition coefficient (Wildman–Crippen LogP) is 1.44. The fraction of sp³-hybridized carbons (Fsp3) is 0.583. The van der Waals surface area contributed by atoms with E-state index in [1.165, 1.54) is 6.42 Å². The Labute approximate surface area is 91.5 Å². The Hall–Kier alpha value is -1.09. The van der Waals surface area contributed by atoms with Crippen LogP contribution in [0, 0.1) is 12.8 Å². The number of rotatable bonds is 3. The normalized spacial score (nSPS) is 20.9. The summed E-state index contributed by atoms with van der Waals surface area (Å²) in [5, 5.41) is 3.25. The molecular formula is C12H19N3. The van der Waals surface area contributed by atoms with Gasteiger partial charge in [-0.3, -0.25) is 0 Å². The third-order valence-corrected chi connectivity index (χ3v) is 2.98. The third-order valence-electron chi connectivity index (χ3n) is 2.98. The topological polar surface area (TPSA) is 28.2 Å². The molecule has 0 spiro atoms. The zero-order chi connectivity index (χ0) is 10.7. The summed E-state index contributed by atoms with van der Waals surface area (Å²) in [4.78, 5) is 6.94. The summed E-state index contributed by atoms with van der Waals surface area (Å²) >= 11 is 0. The molecular weight excluding hydrogens is 186 g/mol. The first-order valence-electron chi connectivity index (χ1n) is 5.63. The van der Waals surface area contributed by atoms with Crippen LogP contribution >= 0.6 is 0 Å². The molecule has 1 saturated heterocycles. The Morgan fingerprint density at radius 3 is 3.13 bits per heavy atom. The van der Waals surface area contributed by atoms with Crippen molar-refractivity contribution in [3.05, 3.63) is 23.9 Å². The van der Waals surface area contributed by atoms with E-state index in [1.54, 1.807) is 0 Å². The number of hydrogen-bond donors (Lipinski definition) is 1. The summed E-state index contributed by atoms with van der Waals surface area (Å²) in [6.45, 7) is 5.44. The standard InChI is InChI=1S/C12H19N3/c1-10-4-3-5-12(14-10)15-7-6-11(9-15)8-13-2/h3-5,11,13H,6-9H2,1-2H3. The van der Waals surface area contributed by atoms with Gasteiger partial charge in [-0.1, -0.05) is 6.07 Å². The van der Waals surface area contributed by atoms with Gasteiger partial charge < -0.3 is 10.2 Å². The van der Waals surface area contributed by atoms with E-state index in [-0.39, 0.29) is 0 Å². The molecule has 3 heteroatoms. The molecule has 15 heavy (non-hydrogen) atoms. The molecule has 1 aliphatic rings. The molecule has 1 aromatic rings. The first-order valence-corrected chi connectivity index (χ1v) is 5.63. The van der Waals surface area contributed by atoms with Gasteiger partial charge in [0.05, 0.1) is 0 Å². The van der Waals surface area contributed by atoms with Crippen molar-refractivity contribution in [3.8, 4) is 0 Å². The van der Waals surface area contributed by atoms with Crippen LogP contribution in [0.5, 0.6) is 0 Å². The van der Waals surface area contributed by atoms with Gasteiger partial charge in [0.15, 0.2) is 0 Å². The number of anilines is 1. The molecule has 1 atom stereocenters. The number of aromatic nitrogens is 1. The van der Waals surface area contributed by atoms with Crippen molar-refractivity contribution in [2.24, 2.45) is 5.92 Å². The fourth-order valence-corrected chi connectivity index (χ4v) is 2.20. The zero-order valence-electron chi connectivity index (χ0n) is 9.53. The quantitative estimate of drug-likeness (QED) is 0.809. The maximum Gasteiger partial charge on any atom is 0.128 e. The van der Waals surface area contributed by atoms with Crippen molar-refractivity contribution in [1.29, 1.82) is 0 Å². The van der Waals surface area contributed by atoms with Crippen LogP contribution in [0.4, 0.5) is 5.82 Å². The molecule has 82 valence electrons. The second kappa shape index (κ2) is 4.62. The van der Waals surface area contributed by atoms with Crippen molar-refractivity contribution in [2.75, 3.05) is 31.6 Å². The molecule has 0 bridgehead atoms. The highest BCUT2D eigenvalue weighted by Crippen LogP contribution is 2.21. The fourth-order valence-electron chi connectivity index (χ4n) is 2.20. The van der Waals surface area contributed by atoms with Gasteiger partial charge in [0.25, 0.3) is 0 Å². The Bertz CT molecular complexity index is 324. The summed E-state index contributed by atoms with van der Waals surface area (Å²) in [5.74, 6) is 1.91. The smallest absolute Gasteiger partial charge is 0.128 e. The molecule has 0 radical (unpaired) electrons. The maximum absolute atomic E-state index is 4.56. The average molecular weight is 205 g/mol. The highest BCUT2D eigenvalue weighted by molar-refractivity contribution is 5.40. The molecule has 2 rings (SSSR count). The second-order valence-corrected chi connectivity index (χ2v) is 4.30. The number of hydrogen-bond acceptors (Lipinski definition) is 3. The second-order valence-electron chi connectivity index (χ2n) is 4.30. The van der Waals surface area contributed by atoms with Crippen LogP contribution in [0.1, 0.15) is 12.1 Å². The molecule has 1 aliphatic heterocycles. The third kappa shape index (κ3) is 2.48. The molecule has 0 aliphatic carbocycles. The highest BCUT2D eigenvalue weighted by atomic mass is 15.2. The number of nitrogens with zero attached hydrogens (tertiary/aromatic N) is 2. The van der Waals surface area contributed by atoms with Crippen LogP contribution in [0.2, 0.25) is 0 Å². The lowest BCUT2D eigenvalue weighted by atomic mass is 10.1. The van der Waals surface area contributed by atoms with Crippen LogP contribution in [0.25, 0.3) is 0 Å². The molecule has 0 saturated carbocycles. The Morgan fingerprint density at radius 1 is 1.53 bits per heavy atom. The minimum Gasteiger partial charge on any atom is -0.356 e. The lowest BCUT2D eigenvalue weighted by molar-refractivity contribution is 0.549. The zero-order valence-corrected chi connectivity index (χ0v) is 9.53. The summed E-state index contributed by atoms with van der Waals surface area (Å²) < 4.78 is 0. The first kappa shape index (κ1) is 10.4. The van der Waals surface area contributed by atoms with E-state index in [4.69, 9.17) is 0 Å². The van der Waals surface area contributed by atoms with E-state index in [0.717, 1.165) is 37.1 Å². The van der Waals surface area contributed by atoms with Crippen molar-refractivity contribution in [1.82, 2.24) is 10.3 Å². The molecule has 0 aromatic carbocycles. The van der Waals surface area contributed by atoms with Gasteiger partial charge in [0, 0.05) is 18.8 Å². The van der Waals surface area contributed by atoms with Crippen LogP contribution in [-0.2, 0) is 0 Å². The lowest BCUT2D eigenvalue weighted by Crippen LogP contribution is -2.24. The van der Waals surface area contributed by atoms with Crippen LogP contribution < -0.4 is 10.2 Å². The summed E-state index contributed by atoms with van der Waals surface area (Å²) in [6, 6.07) is 6.24. The van der Waals surface area contributed by atoms with Gasteiger partial charge in [-0.25, -0.2) is 4.98 Å². The van der Waals surface area contributed by atoms with E-state index in [1.807, 2.05) is 20.0 Å². The van der Waals surface area contributed by atoms with E-state index in [9.17, 15) is 0 Å². The SMILES string of the molecule is CNCC1CCN(c2cccc(C)n2)C1. The molecule has 1 aromatic heterocycles. The molecule has 0 amide bonds. The molecule has 1 N–H and O–H groups in total. The van der Waals surface area contributed by atoms with Gasteiger partial charge in [-0.2, -0.15) is 0 Å². The van der Waals surface area contributed by atoms with Gasteiger partial charge in [-0.15, -0.1) is 0 Å². The number of pyridine rings is 1. The Balaban J connectivity index is 2.01. The van der Waals surface area contributed by atoms with Crippen molar-refractivity contribution >= 4 is 5.82 Å². The van der Waals surface area contributed by atoms with Crippen LogP contribution in [0.15, 0.2) is 18.2 Å². The number of nitrogens with one attached hydrogen (secondary N) is 1. The molecule has 1 fully saturated rings. The minimum absolute atomic E-state index is 0.775. The van der Waals surface area contributed by atoms with Crippen molar-refractivity contribution in [2.45, 2.75) is 13.3 Å². The number of aryl methyl sites for hydroxylation is 1. The van der Waals surface area contributed by atoms with E-state index >= 15 is 0 Å². The average Bonchev–Trinajstić information content (AvgIpc) is 2.67. The molecule has 1 unspecified atom stereocenters. The van der Waals surface area contributed by atoms with Crippen LogP contribution in [-0.4, -0.2) is 31.7 Å². The largest absolute Gasteiger partial charge is 0.356 e. The van der Waals surface area contributed by atoms with Gasteiger partial charge in [-0.05, 0) is 45.0 Å². The summed E-state index contributed by atoms with van der Waals surface area (Å²) in [5.41, 5.74) is 1.10. The molecule has 3 nitrogen and oxygen atoms in total. The highest BCUT2D eigenvalue weighted by Gasteiger charge is 2.22. The minimum atomic E-state index is 0.775. The van der Waals surface area contributed by atoms with Gasteiger partial charge in [0.1, 0.15) is 5.82 Å². The Morgan fingerprint density at radius 2 is 2.40 bits per heavy atom. The van der Waals surface area contributed by atoms with Crippen molar-refractivity contribution < 1.29 is 0 Å². The van der Waals surface area contributed by atoms with Gasteiger partial charge in [0.2, 0.25) is 0 Å². The van der Waals surface area contributed by atoms with E-state index in [2.05, 4.69) is 27.3 Å². The van der Waals surface area contributed by atoms with E-state index in [0.29, 0.717) is 0 Å². The lowest BCUT2D eigenvalue weighted by Gasteiger charge is -2.17. The maximum atomic E-state index is 4.56. The predicted molar refractivity (Wildman–Crippen MR) is 63.2 cm³/mol.